The summed E-state index contributed by atoms with van der Waals surface area (Å²) in [5.41, 5.74) is 12.8. The van der Waals surface area contributed by atoms with Gasteiger partial charge in [-0.2, -0.15) is 0 Å². The summed E-state index contributed by atoms with van der Waals surface area (Å²) in [4.78, 5) is 13.4. The predicted molar refractivity (Wildman–Crippen MR) is 74.7 cm³/mol. The number of rotatable bonds is 3. The zero-order chi connectivity index (χ0) is 12.3. The molecule has 2 rings (SSSR count). The lowest BCUT2D eigenvalue weighted by Crippen LogP contribution is -2.39. The summed E-state index contributed by atoms with van der Waals surface area (Å²) in [6.45, 7) is 2.93. The Labute approximate surface area is 114 Å². The summed E-state index contributed by atoms with van der Waals surface area (Å²) >= 11 is 0. The third-order valence-corrected chi connectivity index (χ3v) is 3.25. The van der Waals surface area contributed by atoms with E-state index in [1.54, 1.807) is 6.07 Å². The van der Waals surface area contributed by atoms with Crippen LogP contribution >= 0.6 is 12.4 Å². The molecule has 1 amide bonds. The van der Waals surface area contributed by atoms with Crippen molar-refractivity contribution < 1.29 is 4.79 Å². The molecule has 4 nitrogen and oxygen atoms in total. The minimum atomic E-state index is -0.368. The number of nitrogens with two attached hydrogens (primary N) is 2. The Kier molecular flexibility index (Phi) is 5.59. The SMILES string of the molecule is Cl.NC(=O)c1cccc(CN2CCC(N)CC2)c1. The smallest absolute Gasteiger partial charge is 0.248 e. The molecule has 4 N–H and O–H groups in total. The van der Waals surface area contributed by atoms with Gasteiger partial charge in [-0.3, -0.25) is 9.69 Å². The van der Waals surface area contributed by atoms with Crippen molar-refractivity contribution >= 4 is 18.3 Å². The maximum Gasteiger partial charge on any atom is 0.248 e. The molecule has 1 fully saturated rings. The fourth-order valence-corrected chi connectivity index (χ4v) is 2.19. The molecule has 1 aliphatic heterocycles. The average Bonchev–Trinajstić information content (AvgIpc) is 2.32. The van der Waals surface area contributed by atoms with Gasteiger partial charge in [0.25, 0.3) is 0 Å². The Balaban J connectivity index is 0.00000162. The predicted octanol–water partition coefficient (Wildman–Crippen LogP) is 1.13. The Morgan fingerprint density at radius 2 is 2.00 bits per heavy atom. The fourth-order valence-electron chi connectivity index (χ4n) is 2.19. The van der Waals surface area contributed by atoms with Gasteiger partial charge < -0.3 is 11.5 Å². The third-order valence-electron chi connectivity index (χ3n) is 3.25. The van der Waals surface area contributed by atoms with Gasteiger partial charge >= 0.3 is 0 Å². The van der Waals surface area contributed by atoms with Crippen LogP contribution in [0.5, 0.6) is 0 Å². The molecule has 0 bridgehead atoms. The molecule has 1 heterocycles. The highest BCUT2D eigenvalue weighted by molar-refractivity contribution is 5.92. The standard InChI is InChI=1S/C13H19N3O.ClH/c14-12-4-6-16(7-5-12)9-10-2-1-3-11(8-10)13(15)17;/h1-3,8,12H,4-7,9,14H2,(H2,15,17);1H. The highest BCUT2D eigenvalue weighted by atomic mass is 35.5. The van der Waals surface area contributed by atoms with E-state index in [1.165, 1.54) is 0 Å². The fraction of sp³-hybridized carbons (Fsp3) is 0.462. The topological polar surface area (TPSA) is 72.4 Å². The molecule has 0 unspecified atom stereocenters. The first-order chi connectivity index (χ1) is 8.15. The Bertz CT molecular complexity index is 403. The van der Waals surface area contributed by atoms with Gasteiger partial charge in [-0.25, -0.2) is 0 Å². The Morgan fingerprint density at radius 3 is 2.61 bits per heavy atom. The highest BCUT2D eigenvalue weighted by Gasteiger charge is 2.16. The molecule has 0 radical (unpaired) electrons. The molecule has 0 atom stereocenters. The second kappa shape index (κ2) is 6.73. The first kappa shape index (κ1) is 15.0. The summed E-state index contributed by atoms with van der Waals surface area (Å²) in [5.74, 6) is -0.368. The number of benzene rings is 1. The molecule has 1 aromatic rings. The van der Waals surface area contributed by atoms with E-state index in [9.17, 15) is 4.79 Å². The second-order valence-corrected chi connectivity index (χ2v) is 4.68. The molecular formula is C13H20ClN3O. The summed E-state index contributed by atoms with van der Waals surface area (Å²) < 4.78 is 0. The number of hydrogen-bond acceptors (Lipinski definition) is 3. The van der Waals surface area contributed by atoms with E-state index in [0.717, 1.165) is 38.0 Å². The number of amides is 1. The van der Waals surface area contributed by atoms with Gasteiger partial charge in [0.2, 0.25) is 5.91 Å². The monoisotopic (exact) mass is 269 g/mol. The maximum absolute atomic E-state index is 11.1. The van der Waals surface area contributed by atoms with E-state index in [0.29, 0.717) is 11.6 Å². The van der Waals surface area contributed by atoms with Crippen molar-refractivity contribution in [1.29, 1.82) is 0 Å². The largest absolute Gasteiger partial charge is 0.366 e. The van der Waals surface area contributed by atoms with Crippen molar-refractivity contribution in [2.24, 2.45) is 11.5 Å². The minimum Gasteiger partial charge on any atom is -0.366 e. The van der Waals surface area contributed by atoms with Crippen LogP contribution in [0.1, 0.15) is 28.8 Å². The molecular weight excluding hydrogens is 250 g/mol. The van der Waals surface area contributed by atoms with Gasteiger partial charge in [0.1, 0.15) is 0 Å². The van der Waals surface area contributed by atoms with Gasteiger partial charge in [-0.1, -0.05) is 12.1 Å². The lowest BCUT2D eigenvalue weighted by Gasteiger charge is -2.30. The van der Waals surface area contributed by atoms with E-state index in [1.807, 2.05) is 18.2 Å². The van der Waals surface area contributed by atoms with E-state index in [-0.39, 0.29) is 18.3 Å². The first-order valence-electron chi connectivity index (χ1n) is 6.02. The molecule has 0 aromatic heterocycles. The molecule has 1 saturated heterocycles. The number of primary amides is 1. The van der Waals surface area contributed by atoms with Crippen LogP contribution in [-0.4, -0.2) is 29.9 Å². The van der Waals surface area contributed by atoms with Crippen molar-refractivity contribution in [2.45, 2.75) is 25.4 Å². The van der Waals surface area contributed by atoms with Crippen molar-refractivity contribution in [3.63, 3.8) is 0 Å². The van der Waals surface area contributed by atoms with Crippen molar-refractivity contribution in [2.75, 3.05) is 13.1 Å². The van der Waals surface area contributed by atoms with Gasteiger partial charge in [0.05, 0.1) is 0 Å². The third kappa shape index (κ3) is 3.98. The highest BCUT2D eigenvalue weighted by Crippen LogP contribution is 2.13. The first-order valence-corrected chi connectivity index (χ1v) is 6.02. The van der Waals surface area contributed by atoms with Crippen LogP contribution in [0, 0.1) is 0 Å². The Hall–Kier alpha value is -1.10. The second-order valence-electron chi connectivity index (χ2n) is 4.68. The Morgan fingerprint density at radius 1 is 1.33 bits per heavy atom. The maximum atomic E-state index is 11.1. The van der Waals surface area contributed by atoms with Crippen LogP contribution in [0.15, 0.2) is 24.3 Å². The van der Waals surface area contributed by atoms with Crippen molar-refractivity contribution in [1.82, 2.24) is 4.90 Å². The van der Waals surface area contributed by atoms with Crippen LogP contribution in [0.25, 0.3) is 0 Å². The lowest BCUT2D eigenvalue weighted by atomic mass is 10.0. The summed E-state index contributed by atoms with van der Waals surface area (Å²) in [6, 6.07) is 7.88. The minimum absolute atomic E-state index is 0. The normalized spacial score (nSPS) is 17.2. The average molecular weight is 270 g/mol. The van der Waals surface area contributed by atoms with Gasteiger partial charge in [-0.15, -0.1) is 12.4 Å². The zero-order valence-corrected chi connectivity index (χ0v) is 11.2. The number of halogens is 1. The van der Waals surface area contributed by atoms with Crippen molar-refractivity contribution in [3.8, 4) is 0 Å². The molecule has 0 saturated carbocycles. The number of hydrogen-bond donors (Lipinski definition) is 2. The lowest BCUT2D eigenvalue weighted by molar-refractivity contribution is 0.1000. The van der Waals surface area contributed by atoms with Crippen LogP contribution in [-0.2, 0) is 6.54 Å². The van der Waals surface area contributed by atoms with Crippen LogP contribution in [0.2, 0.25) is 0 Å². The van der Waals surface area contributed by atoms with E-state index in [4.69, 9.17) is 11.5 Å². The summed E-state index contributed by atoms with van der Waals surface area (Å²) in [5, 5.41) is 0. The molecule has 1 aliphatic rings. The zero-order valence-electron chi connectivity index (χ0n) is 10.3. The number of carbonyl (C=O) groups excluding carboxylic acids is 1. The number of likely N-dealkylation sites (tertiary alicyclic amines) is 1. The summed E-state index contributed by atoms with van der Waals surface area (Å²) in [6.07, 6.45) is 2.10. The van der Waals surface area contributed by atoms with Crippen molar-refractivity contribution in [3.05, 3.63) is 35.4 Å². The quantitative estimate of drug-likeness (QED) is 0.864. The van der Waals surface area contributed by atoms with E-state index in [2.05, 4.69) is 4.90 Å². The molecule has 100 valence electrons. The molecule has 1 aromatic carbocycles. The van der Waals surface area contributed by atoms with Crippen LogP contribution in [0.4, 0.5) is 0 Å². The molecule has 0 aliphatic carbocycles. The summed E-state index contributed by atoms with van der Waals surface area (Å²) in [7, 11) is 0. The van der Waals surface area contributed by atoms with E-state index < -0.39 is 0 Å². The number of piperidine rings is 1. The molecule has 5 heteroatoms. The number of nitrogens with zero attached hydrogens (tertiary/aromatic N) is 1. The van der Waals surface area contributed by atoms with Gasteiger partial charge in [0.15, 0.2) is 0 Å². The number of carbonyl (C=O) groups is 1. The van der Waals surface area contributed by atoms with Gasteiger partial charge in [-0.05, 0) is 43.6 Å². The molecule has 0 spiro atoms. The molecule has 18 heavy (non-hydrogen) atoms. The van der Waals surface area contributed by atoms with Gasteiger partial charge in [0, 0.05) is 18.2 Å². The van der Waals surface area contributed by atoms with Crippen LogP contribution < -0.4 is 11.5 Å². The van der Waals surface area contributed by atoms with Crippen LogP contribution in [0.3, 0.4) is 0 Å². The van der Waals surface area contributed by atoms with E-state index >= 15 is 0 Å².